The van der Waals surface area contributed by atoms with Crippen molar-refractivity contribution in [2.24, 2.45) is 11.8 Å². The molecule has 0 saturated heterocycles. The van der Waals surface area contributed by atoms with Gasteiger partial charge in [0.1, 0.15) is 12.4 Å². The number of benzene rings is 1. The number of carbonyl (C=O) groups excluding carboxylic acids is 2. The van der Waals surface area contributed by atoms with Gasteiger partial charge < -0.3 is 4.74 Å². The average molecular weight is 506 g/mol. The van der Waals surface area contributed by atoms with Crippen molar-refractivity contribution in [1.29, 1.82) is 0 Å². The minimum Gasteiger partial charge on any atom is -0.460 e. The van der Waals surface area contributed by atoms with Crippen molar-refractivity contribution in [2.45, 2.75) is 92.9 Å². The average Bonchev–Trinajstić information content (AvgIpc) is 2.86. The van der Waals surface area contributed by atoms with E-state index in [1.807, 2.05) is 19.9 Å². The van der Waals surface area contributed by atoms with Crippen LogP contribution in [0.1, 0.15) is 101 Å². The van der Waals surface area contributed by atoms with Crippen LogP contribution in [0.5, 0.6) is 0 Å². The fourth-order valence-electron chi connectivity index (χ4n) is 6.36. The lowest BCUT2D eigenvalue weighted by Gasteiger charge is -2.33. The summed E-state index contributed by atoms with van der Waals surface area (Å²) >= 11 is 0. The lowest BCUT2D eigenvalue weighted by molar-refractivity contribution is -0.147. The Labute approximate surface area is 220 Å². The van der Waals surface area contributed by atoms with Crippen molar-refractivity contribution in [3.8, 4) is 0 Å². The molecule has 1 aromatic heterocycles. The predicted molar refractivity (Wildman–Crippen MR) is 147 cm³/mol. The van der Waals surface area contributed by atoms with Crippen molar-refractivity contribution in [3.63, 3.8) is 0 Å². The minimum absolute atomic E-state index is 0.0101. The molecule has 4 nitrogen and oxygen atoms in total. The van der Waals surface area contributed by atoms with Crippen LogP contribution in [0, 0.1) is 24.6 Å². The molecule has 0 fully saturated rings. The van der Waals surface area contributed by atoms with Gasteiger partial charge >= 0.3 is 5.97 Å². The van der Waals surface area contributed by atoms with Gasteiger partial charge in [-0.05, 0) is 91.2 Å². The molecule has 2 heterocycles. The smallest absolute Gasteiger partial charge is 0.313 e. The van der Waals surface area contributed by atoms with Gasteiger partial charge in [-0.3, -0.25) is 9.59 Å². The fourth-order valence-corrected chi connectivity index (χ4v) is 6.36. The monoisotopic (exact) mass is 505 g/mol. The summed E-state index contributed by atoms with van der Waals surface area (Å²) in [5.74, 6) is -0.215. The second kappa shape index (κ2) is 10.9. The number of esters is 1. The van der Waals surface area contributed by atoms with Gasteiger partial charge in [-0.15, -0.1) is 0 Å². The highest BCUT2D eigenvalue weighted by Crippen LogP contribution is 2.46. The third-order valence-corrected chi connectivity index (χ3v) is 8.33. The summed E-state index contributed by atoms with van der Waals surface area (Å²) in [5, 5.41) is 1.14. The molecule has 2 aliphatic rings. The number of hydrogen-bond acceptors (Lipinski definition) is 4. The van der Waals surface area contributed by atoms with E-state index in [4.69, 9.17) is 9.72 Å². The van der Waals surface area contributed by atoms with E-state index in [1.54, 1.807) is 6.07 Å². The number of ether oxygens (including phenoxy) is 1. The molecule has 0 amide bonds. The van der Waals surface area contributed by atoms with Crippen molar-refractivity contribution < 1.29 is 18.7 Å². The second-order valence-electron chi connectivity index (χ2n) is 10.9. The van der Waals surface area contributed by atoms with Gasteiger partial charge in [0.2, 0.25) is 0 Å². The predicted octanol–water partition coefficient (Wildman–Crippen LogP) is 7.58. The maximum Gasteiger partial charge on any atom is 0.313 e. The van der Waals surface area contributed by atoms with E-state index >= 15 is 4.39 Å². The Kier molecular flexibility index (Phi) is 8.01. The molecule has 2 unspecified atom stereocenters. The molecule has 1 aliphatic carbocycles. The van der Waals surface area contributed by atoms with Crippen LogP contribution in [0.25, 0.3) is 16.5 Å². The van der Waals surface area contributed by atoms with Crippen LogP contribution >= 0.6 is 0 Å². The molecule has 0 radical (unpaired) electrons. The number of Topliss-reactive ketones (excluding diaryl/α,β-unsaturated/α-hetero) is 1. The topological polar surface area (TPSA) is 56.3 Å². The van der Waals surface area contributed by atoms with Crippen molar-refractivity contribution in [3.05, 3.63) is 57.1 Å². The van der Waals surface area contributed by atoms with Crippen LogP contribution in [-0.2, 0) is 27.2 Å². The first-order valence-electron chi connectivity index (χ1n) is 13.9. The molecule has 0 spiro atoms. The molecule has 5 heteroatoms. The van der Waals surface area contributed by atoms with Crippen molar-refractivity contribution in [1.82, 2.24) is 4.98 Å². The quantitative estimate of drug-likeness (QED) is 0.347. The summed E-state index contributed by atoms with van der Waals surface area (Å²) in [6, 6.07) is 1.60. The van der Waals surface area contributed by atoms with E-state index in [0.29, 0.717) is 29.3 Å². The van der Waals surface area contributed by atoms with Crippen LogP contribution in [-0.4, -0.2) is 23.3 Å². The van der Waals surface area contributed by atoms with E-state index in [1.165, 1.54) is 18.1 Å². The highest BCUT2D eigenvalue weighted by Gasteiger charge is 2.33. The van der Waals surface area contributed by atoms with Gasteiger partial charge in [0, 0.05) is 17.0 Å². The van der Waals surface area contributed by atoms with Crippen LogP contribution in [0.4, 0.5) is 4.39 Å². The third kappa shape index (κ3) is 4.78. The van der Waals surface area contributed by atoms with E-state index in [2.05, 4.69) is 27.7 Å². The standard InChI is InChI=1S/C32H40FNO3/c1-8-11-20(14-25-21(9-2)32(36)37-16-26(25)19(7)35)31-22(10-3)29-23(17(4)5)12-13-24-18(6)27(33)15-28(34-31)30(24)29/h14-15,17,21,23H,8-13,16H2,1-7H3/b20-14+. The Balaban J connectivity index is 2.08. The van der Waals surface area contributed by atoms with E-state index in [9.17, 15) is 9.59 Å². The highest BCUT2D eigenvalue weighted by molar-refractivity contribution is 5.99. The van der Waals surface area contributed by atoms with E-state index in [0.717, 1.165) is 65.5 Å². The molecule has 0 bridgehead atoms. The molecule has 198 valence electrons. The fraction of sp³-hybridized carbons (Fsp3) is 0.531. The number of carbonyl (C=O) groups is 2. The molecule has 1 aliphatic heterocycles. The van der Waals surface area contributed by atoms with Crippen molar-refractivity contribution >= 4 is 28.2 Å². The number of rotatable bonds is 8. The minimum atomic E-state index is -0.474. The largest absolute Gasteiger partial charge is 0.460 e. The molecule has 2 atom stereocenters. The van der Waals surface area contributed by atoms with E-state index < -0.39 is 5.92 Å². The number of halogens is 1. The third-order valence-electron chi connectivity index (χ3n) is 8.33. The summed E-state index contributed by atoms with van der Waals surface area (Å²) in [6.07, 6.45) is 6.90. The van der Waals surface area contributed by atoms with Gasteiger partial charge in [-0.2, -0.15) is 0 Å². The number of pyridine rings is 1. The molecular formula is C32H40FNO3. The normalized spacial score (nSPS) is 20.1. The first-order chi connectivity index (χ1) is 17.6. The Morgan fingerprint density at radius 1 is 1.27 bits per heavy atom. The lowest BCUT2D eigenvalue weighted by atomic mass is 9.73. The molecule has 2 aromatic rings. The molecule has 4 rings (SSSR count). The maximum absolute atomic E-state index is 15.1. The maximum atomic E-state index is 15.1. The number of aryl methyl sites for hydroxylation is 1. The number of ketones is 1. The summed E-state index contributed by atoms with van der Waals surface area (Å²) in [7, 11) is 0. The van der Waals surface area contributed by atoms with Crippen LogP contribution < -0.4 is 0 Å². The zero-order valence-corrected chi connectivity index (χ0v) is 23.4. The van der Waals surface area contributed by atoms with Crippen LogP contribution in [0.3, 0.4) is 0 Å². The second-order valence-corrected chi connectivity index (χ2v) is 10.9. The molecular weight excluding hydrogens is 465 g/mol. The van der Waals surface area contributed by atoms with Crippen molar-refractivity contribution in [2.75, 3.05) is 6.61 Å². The van der Waals surface area contributed by atoms with Gasteiger partial charge in [0.25, 0.3) is 0 Å². The van der Waals surface area contributed by atoms with Gasteiger partial charge in [-0.25, -0.2) is 9.37 Å². The van der Waals surface area contributed by atoms with Gasteiger partial charge in [-0.1, -0.05) is 47.1 Å². The number of aromatic nitrogens is 1. The zero-order chi connectivity index (χ0) is 27.0. The first kappa shape index (κ1) is 27.2. The first-order valence-corrected chi connectivity index (χ1v) is 13.9. The number of hydrogen-bond donors (Lipinski definition) is 0. The molecule has 37 heavy (non-hydrogen) atoms. The zero-order valence-electron chi connectivity index (χ0n) is 23.4. The summed E-state index contributed by atoms with van der Waals surface area (Å²) < 4.78 is 20.4. The Hall–Kier alpha value is -2.82. The lowest BCUT2D eigenvalue weighted by Crippen LogP contribution is -2.29. The van der Waals surface area contributed by atoms with Gasteiger partial charge in [0.05, 0.1) is 17.1 Å². The number of allylic oxidation sites excluding steroid dienone is 2. The summed E-state index contributed by atoms with van der Waals surface area (Å²) in [5.41, 5.74) is 8.29. The molecule has 1 aromatic carbocycles. The Morgan fingerprint density at radius 3 is 2.59 bits per heavy atom. The van der Waals surface area contributed by atoms with Gasteiger partial charge in [0.15, 0.2) is 5.78 Å². The summed E-state index contributed by atoms with van der Waals surface area (Å²) in [6.45, 7) is 14.2. The number of nitrogens with zero attached hydrogens (tertiary/aromatic N) is 1. The molecule has 0 N–H and O–H groups in total. The molecule has 0 saturated carbocycles. The Morgan fingerprint density at radius 2 is 2.00 bits per heavy atom. The number of cyclic esters (lactones) is 1. The highest BCUT2D eigenvalue weighted by atomic mass is 19.1. The SMILES string of the molecule is CCC/C(=C\C1=C(C(C)=O)COC(=O)C1CC)c1nc2cc(F)c(C)c3c2c(c1CC)C(C(C)C)CC3. The van der Waals surface area contributed by atoms with Crippen LogP contribution in [0.15, 0.2) is 23.3 Å². The Bertz CT molecular complexity index is 1320. The van der Waals surface area contributed by atoms with E-state index in [-0.39, 0.29) is 24.2 Å². The summed E-state index contributed by atoms with van der Waals surface area (Å²) in [4.78, 5) is 30.3. The van der Waals surface area contributed by atoms with Crippen LogP contribution in [0.2, 0.25) is 0 Å².